The molecule has 0 saturated heterocycles. The molecule has 0 spiro atoms. The number of anilines is 12. The molecule has 24 aromatic rings. The Bertz CT molecular complexity index is 8050. The van der Waals surface area contributed by atoms with Crippen LogP contribution in [-0.4, -0.2) is 0 Å². The Morgan fingerprint density at radius 1 is 0.171 bits per heavy atom. The first-order valence-corrected chi connectivity index (χ1v) is 42.1. The van der Waals surface area contributed by atoms with E-state index in [1.165, 1.54) is 115 Å². The summed E-state index contributed by atoms with van der Waals surface area (Å²) in [5.74, 6) is 0. The minimum Gasteiger partial charge on any atom is -0.456 e. The summed E-state index contributed by atoms with van der Waals surface area (Å²) >= 11 is 0. The first kappa shape index (κ1) is 72.0. The molecule has 6 nitrogen and oxygen atoms in total. The molecule has 6 heteroatoms. The molecule has 578 valence electrons. The summed E-state index contributed by atoms with van der Waals surface area (Å²) in [5, 5.41) is 19.3. The molecule has 0 unspecified atom stereocenters. The Morgan fingerprint density at radius 2 is 0.496 bits per heavy atom. The largest absolute Gasteiger partial charge is 0.456 e. The molecule has 0 amide bonds. The van der Waals surface area contributed by atoms with Gasteiger partial charge in [0.1, 0.15) is 16.7 Å². The summed E-state index contributed by atoms with van der Waals surface area (Å²) in [7, 11) is 0. The molecule has 0 bridgehead atoms. The highest BCUT2D eigenvalue weighted by Crippen LogP contribution is 2.52. The lowest BCUT2D eigenvalue weighted by molar-refractivity contribution is 0.668. The van der Waals surface area contributed by atoms with Crippen molar-refractivity contribution in [1.82, 2.24) is 0 Å². The van der Waals surface area contributed by atoms with E-state index in [1.807, 2.05) is 18.2 Å². The molecule has 0 saturated carbocycles. The predicted octanol–water partition coefficient (Wildman–Crippen LogP) is 33.8. The standard InChI is InChI=1S/C59H40N2O.C58H38N2O/c1-39-20-28-45(29-21-39)60(54-18-10-8-16-49(54)40-12-4-2-5-13-40)46-30-22-41(23-31-46)48-33-24-42-26-35-52-55(36-27-43-25-34-51(48)58(42)59(43)52)61(44-14-6-3-7-15-44)47-32-37-57-53(38-47)50-17-9-11-19-56(50)62-57;1-4-15-39(16-5-1)47-21-10-12-24-52(47)59(43-17-6-2-7-18-43)45-33-27-40(28-34-45)46-35-29-41-31-37-51-53(38-32-42-30-36-49(46)56(41)57(42)51)60(44-19-8-3-9-20-44)54-25-14-23-50-48-22-11-13-26-55(48)61-58(50)54/h2-38H,1H3;1-38H. The molecule has 0 aliphatic heterocycles. The second kappa shape index (κ2) is 30.3. The van der Waals surface area contributed by atoms with Crippen molar-refractivity contribution in [2.75, 3.05) is 19.6 Å². The molecule has 0 atom stereocenters. The van der Waals surface area contributed by atoms with Crippen molar-refractivity contribution >= 4 is 177 Å². The third-order valence-corrected chi connectivity index (χ3v) is 24.7. The Balaban J connectivity index is 0.000000142. The second-order valence-corrected chi connectivity index (χ2v) is 31.8. The average molecular weight is 1570 g/mol. The summed E-state index contributed by atoms with van der Waals surface area (Å²) in [5.41, 5.74) is 27.5. The van der Waals surface area contributed by atoms with E-state index in [0.717, 1.165) is 112 Å². The van der Waals surface area contributed by atoms with Gasteiger partial charge in [-0.05, 0) is 228 Å². The summed E-state index contributed by atoms with van der Waals surface area (Å²) in [6, 6.07) is 164. The summed E-state index contributed by atoms with van der Waals surface area (Å²) in [6.45, 7) is 2.14. The minimum atomic E-state index is 0.873. The van der Waals surface area contributed by atoms with E-state index < -0.39 is 0 Å². The van der Waals surface area contributed by atoms with Crippen LogP contribution >= 0.6 is 0 Å². The van der Waals surface area contributed by atoms with Crippen LogP contribution in [0.1, 0.15) is 5.56 Å². The molecule has 123 heavy (non-hydrogen) atoms. The molecule has 2 heterocycles. The maximum atomic E-state index is 6.65. The lowest BCUT2D eigenvalue weighted by Crippen LogP contribution is -2.11. The normalized spacial score (nSPS) is 11.6. The minimum absolute atomic E-state index is 0.873. The lowest BCUT2D eigenvalue weighted by Gasteiger charge is -2.28. The highest BCUT2D eigenvalue weighted by atomic mass is 16.3. The van der Waals surface area contributed by atoms with E-state index in [-0.39, 0.29) is 0 Å². The molecule has 0 aliphatic carbocycles. The van der Waals surface area contributed by atoms with Crippen LogP contribution in [0, 0.1) is 6.92 Å². The van der Waals surface area contributed by atoms with Crippen molar-refractivity contribution in [3.8, 4) is 44.5 Å². The number of rotatable bonds is 16. The molecule has 2 aromatic heterocycles. The van der Waals surface area contributed by atoms with Gasteiger partial charge in [-0.25, -0.2) is 0 Å². The van der Waals surface area contributed by atoms with Crippen molar-refractivity contribution in [2.45, 2.75) is 6.92 Å². The summed E-state index contributed by atoms with van der Waals surface area (Å²) < 4.78 is 12.9. The van der Waals surface area contributed by atoms with Crippen LogP contribution in [0.3, 0.4) is 0 Å². The number of fused-ring (bicyclic) bond motifs is 6. The van der Waals surface area contributed by atoms with Crippen LogP contribution in [0.4, 0.5) is 68.2 Å². The van der Waals surface area contributed by atoms with Crippen molar-refractivity contribution in [3.63, 3.8) is 0 Å². The maximum absolute atomic E-state index is 6.65. The van der Waals surface area contributed by atoms with Gasteiger partial charge in [-0.1, -0.05) is 327 Å². The fraction of sp³-hybridized carbons (Fsp3) is 0.00855. The van der Waals surface area contributed by atoms with Gasteiger partial charge in [0.15, 0.2) is 5.58 Å². The highest BCUT2D eigenvalue weighted by molar-refractivity contribution is 6.30. The first-order chi connectivity index (χ1) is 60.9. The van der Waals surface area contributed by atoms with Gasteiger partial charge in [0, 0.05) is 83.3 Å². The van der Waals surface area contributed by atoms with Gasteiger partial charge in [-0.2, -0.15) is 0 Å². The van der Waals surface area contributed by atoms with Crippen LogP contribution in [0.15, 0.2) is 464 Å². The number of para-hydroxylation sites is 8. The molecular weight excluding hydrogens is 1490 g/mol. The fourth-order valence-electron chi connectivity index (χ4n) is 19.0. The smallest absolute Gasteiger partial charge is 0.159 e. The summed E-state index contributed by atoms with van der Waals surface area (Å²) in [4.78, 5) is 9.50. The zero-order valence-electron chi connectivity index (χ0n) is 67.4. The van der Waals surface area contributed by atoms with Gasteiger partial charge in [0.25, 0.3) is 0 Å². The number of furan rings is 2. The van der Waals surface area contributed by atoms with Crippen LogP contribution in [0.2, 0.25) is 0 Å². The van der Waals surface area contributed by atoms with Crippen LogP contribution in [0.5, 0.6) is 0 Å². The maximum Gasteiger partial charge on any atom is 0.159 e. The van der Waals surface area contributed by atoms with Gasteiger partial charge in [-0.15, -0.1) is 0 Å². The third-order valence-electron chi connectivity index (χ3n) is 24.7. The van der Waals surface area contributed by atoms with E-state index in [1.54, 1.807) is 0 Å². The van der Waals surface area contributed by atoms with Crippen molar-refractivity contribution in [1.29, 1.82) is 0 Å². The number of nitrogens with zero attached hydrogens (tertiary/aromatic N) is 4. The molecule has 0 fully saturated rings. The van der Waals surface area contributed by atoms with Gasteiger partial charge < -0.3 is 28.4 Å². The van der Waals surface area contributed by atoms with Gasteiger partial charge in [0.2, 0.25) is 0 Å². The predicted molar refractivity (Wildman–Crippen MR) is 520 cm³/mol. The zero-order chi connectivity index (χ0) is 81.4. The van der Waals surface area contributed by atoms with Crippen LogP contribution in [0.25, 0.3) is 153 Å². The molecule has 0 radical (unpaired) electrons. The first-order valence-electron chi connectivity index (χ1n) is 42.1. The number of benzene rings is 22. The molecule has 24 rings (SSSR count). The van der Waals surface area contributed by atoms with E-state index in [0.29, 0.717) is 0 Å². The Hall–Kier alpha value is -16.3. The monoisotopic (exact) mass is 1570 g/mol. The van der Waals surface area contributed by atoms with Gasteiger partial charge >= 0.3 is 0 Å². The van der Waals surface area contributed by atoms with Crippen molar-refractivity contribution in [3.05, 3.63) is 461 Å². The number of hydrogen-bond acceptors (Lipinski definition) is 6. The summed E-state index contributed by atoms with van der Waals surface area (Å²) in [6.07, 6.45) is 0. The van der Waals surface area contributed by atoms with Gasteiger partial charge in [-0.3, -0.25) is 0 Å². The van der Waals surface area contributed by atoms with Crippen molar-refractivity contribution in [2.24, 2.45) is 0 Å². The van der Waals surface area contributed by atoms with Gasteiger partial charge in [0.05, 0.1) is 28.4 Å². The Labute approximate surface area is 712 Å². The molecular formula is C117H78N4O2. The molecule has 0 aliphatic rings. The Morgan fingerprint density at radius 3 is 0.992 bits per heavy atom. The molecule has 0 N–H and O–H groups in total. The third kappa shape index (κ3) is 12.6. The van der Waals surface area contributed by atoms with E-state index in [4.69, 9.17) is 8.83 Å². The Kier molecular flexibility index (Phi) is 17.7. The van der Waals surface area contributed by atoms with Crippen LogP contribution in [-0.2, 0) is 0 Å². The molecule has 22 aromatic carbocycles. The van der Waals surface area contributed by atoms with E-state index in [9.17, 15) is 0 Å². The average Bonchev–Trinajstić information content (AvgIpc) is 1.72. The number of aryl methyl sites for hydroxylation is 1. The second-order valence-electron chi connectivity index (χ2n) is 31.8. The highest BCUT2D eigenvalue weighted by Gasteiger charge is 2.27. The topological polar surface area (TPSA) is 39.2 Å². The lowest BCUT2D eigenvalue weighted by atomic mass is 9.89. The fourth-order valence-corrected chi connectivity index (χ4v) is 19.0. The van der Waals surface area contributed by atoms with E-state index >= 15 is 0 Å². The van der Waals surface area contributed by atoms with Crippen LogP contribution < -0.4 is 19.6 Å². The van der Waals surface area contributed by atoms with Crippen molar-refractivity contribution < 1.29 is 8.83 Å². The zero-order valence-corrected chi connectivity index (χ0v) is 67.4. The quantitative estimate of drug-likeness (QED) is 0.0898. The number of hydrogen-bond donors (Lipinski definition) is 0. The van der Waals surface area contributed by atoms with E-state index in [2.05, 4.69) is 463 Å². The SMILES string of the molecule is Cc1ccc(N(c2ccc(-c3ccc4ccc5c(N(c6ccccc6)c6ccc7oc8ccccc8c7c6)ccc6ccc3c4c65)cc2)c2ccccc2-c2ccccc2)cc1.c1ccc(-c2ccccc2N(c2ccccc2)c2ccc(-c3ccc4ccc5c(N(c6ccccc6)c6cccc7c6oc6ccccc67)ccc6ccc3c4c65)cc2)cc1.